The molecule has 0 N–H and O–H groups in total. The third-order valence-corrected chi connectivity index (χ3v) is 4.99. The Labute approximate surface area is 139 Å². The Morgan fingerprint density at radius 1 is 1.25 bits per heavy atom. The first-order valence-electron chi connectivity index (χ1n) is 8.19. The molecule has 0 bridgehead atoms. The van der Waals surface area contributed by atoms with E-state index in [2.05, 4.69) is 6.08 Å². The molecular weight excluding hydrogens is 309 g/mol. The number of carbonyl (C=O) groups excluding carboxylic acids is 1. The fraction of sp³-hybridized carbons (Fsp3) is 0.444. The minimum Gasteiger partial charge on any atom is -0.378 e. The van der Waals surface area contributed by atoms with E-state index in [0.717, 1.165) is 12.8 Å². The zero-order valence-electron chi connectivity index (χ0n) is 13.3. The minimum absolute atomic E-state index is 0.0259. The molecule has 2 fully saturated rings. The second-order valence-electron chi connectivity index (χ2n) is 6.66. The van der Waals surface area contributed by atoms with E-state index in [0.29, 0.717) is 38.5 Å². The number of nitriles is 1. The SMILES string of the molecule is N#Cc1ccc(N2CC3(C=C(N4CCOCC4)C2=O)CC3)c(F)c1. The lowest BCUT2D eigenvalue weighted by Gasteiger charge is -2.38. The number of anilines is 1. The van der Waals surface area contributed by atoms with E-state index in [1.807, 2.05) is 11.0 Å². The van der Waals surface area contributed by atoms with Gasteiger partial charge in [-0.05, 0) is 37.1 Å². The van der Waals surface area contributed by atoms with Crippen molar-refractivity contribution in [1.29, 1.82) is 5.26 Å². The summed E-state index contributed by atoms with van der Waals surface area (Å²) in [6.07, 6.45) is 4.11. The molecule has 4 rings (SSSR count). The molecule has 124 valence electrons. The molecule has 1 aliphatic carbocycles. The van der Waals surface area contributed by atoms with Crippen LogP contribution < -0.4 is 4.90 Å². The van der Waals surface area contributed by atoms with Gasteiger partial charge >= 0.3 is 0 Å². The van der Waals surface area contributed by atoms with Crippen LogP contribution in [-0.4, -0.2) is 43.7 Å². The number of benzene rings is 1. The van der Waals surface area contributed by atoms with Crippen molar-refractivity contribution in [1.82, 2.24) is 4.90 Å². The van der Waals surface area contributed by atoms with Gasteiger partial charge in [0.25, 0.3) is 5.91 Å². The van der Waals surface area contributed by atoms with Crippen molar-refractivity contribution < 1.29 is 13.9 Å². The summed E-state index contributed by atoms with van der Waals surface area (Å²) in [4.78, 5) is 16.6. The van der Waals surface area contributed by atoms with Crippen LogP contribution in [0.1, 0.15) is 18.4 Å². The molecule has 1 spiro atoms. The number of amides is 1. The highest BCUT2D eigenvalue weighted by molar-refractivity contribution is 6.06. The van der Waals surface area contributed by atoms with Crippen molar-refractivity contribution in [2.45, 2.75) is 12.8 Å². The predicted octanol–water partition coefficient (Wildman–Crippen LogP) is 2.04. The zero-order valence-corrected chi connectivity index (χ0v) is 13.3. The Hall–Kier alpha value is -2.39. The van der Waals surface area contributed by atoms with Gasteiger partial charge in [-0.1, -0.05) is 0 Å². The van der Waals surface area contributed by atoms with Crippen LogP contribution in [0.2, 0.25) is 0 Å². The van der Waals surface area contributed by atoms with E-state index >= 15 is 0 Å². The van der Waals surface area contributed by atoms with Crippen LogP contribution in [0.4, 0.5) is 10.1 Å². The Kier molecular flexibility index (Phi) is 3.54. The fourth-order valence-electron chi connectivity index (χ4n) is 3.41. The lowest BCUT2D eigenvalue weighted by atomic mass is 9.98. The van der Waals surface area contributed by atoms with Gasteiger partial charge in [-0.3, -0.25) is 4.79 Å². The number of ether oxygens (including phenoxy) is 1. The zero-order chi connectivity index (χ0) is 16.7. The largest absolute Gasteiger partial charge is 0.378 e. The first kappa shape index (κ1) is 15.2. The maximum atomic E-state index is 14.4. The Morgan fingerprint density at radius 2 is 2.00 bits per heavy atom. The summed E-state index contributed by atoms with van der Waals surface area (Å²) in [5, 5.41) is 8.90. The van der Waals surface area contributed by atoms with E-state index in [9.17, 15) is 9.18 Å². The number of carbonyl (C=O) groups is 1. The van der Waals surface area contributed by atoms with Crippen molar-refractivity contribution in [2.24, 2.45) is 5.41 Å². The van der Waals surface area contributed by atoms with Crippen molar-refractivity contribution in [3.63, 3.8) is 0 Å². The van der Waals surface area contributed by atoms with Gasteiger partial charge in [-0.2, -0.15) is 5.26 Å². The van der Waals surface area contributed by atoms with Crippen LogP contribution in [0, 0.1) is 22.6 Å². The van der Waals surface area contributed by atoms with Gasteiger partial charge in [0.1, 0.15) is 5.82 Å². The summed E-state index contributed by atoms with van der Waals surface area (Å²) in [5.74, 6) is -0.695. The highest BCUT2D eigenvalue weighted by Gasteiger charge is 2.48. The first-order chi connectivity index (χ1) is 11.6. The van der Waals surface area contributed by atoms with Crippen LogP contribution >= 0.6 is 0 Å². The van der Waals surface area contributed by atoms with E-state index < -0.39 is 5.82 Å². The normalized spacial score (nSPS) is 22.3. The first-order valence-corrected chi connectivity index (χ1v) is 8.19. The molecule has 24 heavy (non-hydrogen) atoms. The van der Waals surface area contributed by atoms with Gasteiger partial charge in [0.2, 0.25) is 0 Å². The molecule has 1 saturated heterocycles. The number of morpholine rings is 1. The molecule has 3 aliphatic rings. The molecule has 1 saturated carbocycles. The second-order valence-corrected chi connectivity index (χ2v) is 6.66. The molecule has 6 heteroatoms. The number of rotatable bonds is 2. The topological polar surface area (TPSA) is 56.6 Å². The van der Waals surface area contributed by atoms with Gasteiger partial charge in [-0.25, -0.2) is 4.39 Å². The molecule has 5 nitrogen and oxygen atoms in total. The summed E-state index contributed by atoms with van der Waals surface area (Å²) in [5.41, 5.74) is 1.14. The minimum atomic E-state index is -0.526. The molecule has 0 unspecified atom stereocenters. The Bertz CT molecular complexity index is 758. The van der Waals surface area contributed by atoms with Gasteiger partial charge in [0, 0.05) is 25.0 Å². The third-order valence-electron chi connectivity index (χ3n) is 4.99. The van der Waals surface area contributed by atoms with Crippen LogP contribution in [0.5, 0.6) is 0 Å². The van der Waals surface area contributed by atoms with Crippen molar-refractivity contribution >= 4 is 11.6 Å². The number of hydrogen-bond donors (Lipinski definition) is 0. The monoisotopic (exact) mass is 327 g/mol. The molecule has 1 amide bonds. The Balaban J connectivity index is 1.69. The number of nitrogens with zero attached hydrogens (tertiary/aromatic N) is 3. The molecule has 2 aliphatic heterocycles. The van der Waals surface area contributed by atoms with E-state index in [-0.39, 0.29) is 22.6 Å². The summed E-state index contributed by atoms with van der Waals surface area (Å²) in [7, 11) is 0. The second kappa shape index (κ2) is 5.60. The highest BCUT2D eigenvalue weighted by atomic mass is 19.1. The molecule has 0 aromatic heterocycles. The molecule has 1 aromatic carbocycles. The molecule has 2 heterocycles. The lowest BCUT2D eigenvalue weighted by molar-refractivity contribution is -0.118. The molecule has 1 aromatic rings. The summed E-state index contributed by atoms with van der Waals surface area (Å²) < 4.78 is 19.8. The highest BCUT2D eigenvalue weighted by Crippen LogP contribution is 2.51. The van der Waals surface area contributed by atoms with Crippen molar-refractivity contribution in [2.75, 3.05) is 37.7 Å². The quantitative estimate of drug-likeness (QED) is 0.834. The molecular formula is C18H18FN3O2. The Morgan fingerprint density at radius 3 is 2.62 bits per heavy atom. The average molecular weight is 327 g/mol. The summed E-state index contributed by atoms with van der Waals surface area (Å²) in [6, 6.07) is 6.20. The van der Waals surface area contributed by atoms with Gasteiger partial charge in [0.05, 0.1) is 36.2 Å². The van der Waals surface area contributed by atoms with Crippen LogP contribution in [0.3, 0.4) is 0 Å². The van der Waals surface area contributed by atoms with E-state index in [1.54, 1.807) is 6.07 Å². The maximum Gasteiger partial charge on any atom is 0.274 e. The summed E-state index contributed by atoms with van der Waals surface area (Å²) >= 11 is 0. The smallest absolute Gasteiger partial charge is 0.274 e. The van der Waals surface area contributed by atoms with Crippen LogP contribution in [0.25, 0.3) is 0 Å². The third kappa shape index (κ3) is 2.55. The van der Waals surface area contributed by atoms with Gasteiger partial charge in [0.15, 0.2) is 0 Å². The average Bonchev–Trinajstić information content (AvgIpc) is 3.37. The fourth-order valence-corrected chi connectivity index (χ4v) is 3.41. The van der Waals surface area contributed by atoms with Gasteiger partial charge < -0.3 is 14.5 Å². The standard InChI is InChI=1S/C18H18FN3O2/c19-14-9-13(11-20)1-2-15(14)22-12-18(3-4-18)10-16(17(22)23)21-5-7-24-8-6-21/h1-2,9-10H,3-8,12H2. The van der Waals surface area contributed by atoms with Crippen LogP contribution in [0.15, 0.2) is 30.0 Å². The number of hydrogen-bond acceptors (Lipinski definition) is 4. The predicted molar refractivity (Wildman–Crippen MR) is 85.6 cm³/mol. The van der Waals surface area contributed by atoms with E-state index in [1.165, 1.54) is 17.0 Å². The molecule has 0 radical (unpaired) electrons. The summed E-state index contributed by atoms with van der Waals surface area (Å²) in [6.45, 7) is 3.06. The van der Waals surface area contributed by atoms with Crippen molar-refractivity contribution in [3.8, 4) is 6.07 Å². The lowest BCUT2D eigenvalue weighted by Crippen LogP contribution is -2.48. The van der Waals surface area contributed by atoms with Crippen LogP contribution in [-0.2, 0) is 9.53 Å². The molecule has 0 atom stereocenters. The van der Waals surface area contributed by atoms with Crippen molar-refractivity contribution in [3.05, 3.63) is 41.4 Å². The van der Waals surface area contributed by atoms with E-state index in [4.69, 9.17) is 10.00 Å². The number of halogens is 1. The van der Waals surface area contributed by atoms with Gasteiger partial charge in [-0.15, -0.1) is 0 Å². The maximum absolute atomic E-state index is 14.4.